The van der Waals surface area contributed by atoms with Gasteiger partial charge in [-0.15, -0.1) is 0 Å². The molecule has 0 amide bonds. The van der Waals surface area contributed by atoms with E-state index in [1.54, 1.807) is 12.5 Å². The van der Waals surface area contributed by atoms with Gasteiger partial charge >= 0.3 is 0 Å². The number of aliphatic hydroxyl groups excluding tert-OH is 3. The van der Waals surface area contributed by atoms with E-state index >= 15 is 0 Å². The number of carbonyl (C=O) groups is 1. The van der Waals surface area contributed by atoms with Gasteiger partial charge in [0, 0.05) is 10.8 Å². The van der Waals surface area contributed by atoms with Gasteiger partial charge < -0.3 is 24.8 Å². The molecule has 6 nitrogen and oxygen atoms in total. The third-order valence-corrected chi connectivity index (χ3v) is 14.8. The minimum absolute atomic E-state index is 0.0357. The Morgan fingerprint density at radius 1 is 0.952 bits per heavy atom. The van der Waals surface area contributed by atoms with Crippen molar-refractivity contribution in [1.82, 2.24) is 0 Å². The van der Waals surface area contributed by atoms with Crippen LogP contribution in [0.4, 0.5) is 0 Å². The van der Waals surface area contributed by atoms with E-state index in [1.807, 2.05) is 0 Å². The van der Waals surface area contributed by atoms with Crippen LogP contribution < -0.4 is 0 Å². The quantitative estimate of drug-likeness (QED) is 0.303. The SMILES string of the molecule is CC1=C(O)C(=O)C[C@H](O[C@@H]2CC(C)(C)C[C@H]3C4=CC[C@@H]5[C@@]6(C)CC[C@H](O)[C@](C)(CO)[C@@H]6CC[C@@]5(C)[C@]4(C)CC[C@@]23C)O1. The molecule has 0 aromatic rings. The maximum atomic E-state index is 12.4. The molecule has 6 heteroatoms. The minimum Gasteiger partial charge on any atom is -0.502 e. The van der Waals surface area contributed by atoms with Crippen LogP contribution in [0.3, 0.4) is 0 Å². The van der Waals surface area contributed by atoms with Crippen molar-refractivity contribution < 1.29 is 29.6 Å². The number of hydrogen-bond donors (Lipinski definition) is 3. The zero-order chi connectivity index (χ0) is 30.7. The van der Waals surface area contributed by atoms with Crippen molar-refractivity contribution in [2.45, 2.75) is 138 Å². The molecule has 1 aliphatic heterocycles. The summed E-state index contributed by atoms with van der Waals surface area (Å²) < 4.78 is 12.7. The lowest BCUT2D eigenvalue weighted by molar-refractivity contribution is -0.237. The number of fused-ring (bicyclic) bond motifs is 7. The van der Waals surface area contributed by atoms with E-state index < -0.39 is 17.8 Å². The van der Waals surface area contributed by atoms with E-state index in [0.29, 0.717) is 17.8 Å². The summed E-state index contributed by atoms with van der Waals surface area (Å²) in [6.07, 6.45) is 10.9. The molecule has 1 heterocycles. The Kier molecular flexibility index (Phi) is 6.98. The summed E-state index contributed by atoms with van der Waals surface area (Å²) in [4.78, 5) is 12.4. The molecule has 0 aromatic heterocycles. The summed E-state index contributed by atoms with van der Waals surface area (Å²) in [5.41, 5.74) is 1.55. The van der Waals surface area contributed by atoms with Gasteiger partial charge in [-0.2, -0.15) is 0 Å². The molecule has 42 heavy (non-hydrogen) atoms. The first-order chi connectivity index (χ1) is 19.4. The molecule has 0 saturated heterocycles. The van der Waals surface area contributed by atoms with Crippen molar-refractivity contribution in [2.75, 3.05) is 6.61 Å². The van der Waals surface area contributed by atoms with Crippen LogP contribution in [-0.2, 0) is 14.3 Å². The zero-order valence-corrected chi connectivity index (χ0v) is 27.4. The molecule has 6 rings (SSSR count). The lowest BCUT2D eigenvalue weighted by Gasteiger charge is -2.71. The normalized spacial score (nSPS) is 51.9. The number of ether oxygens (including phenoxy) is 2. The fourth-order valence-electron chi connectivity index (χ4n) is 11.9. The van der Waals surface area contributed by atoms with Gasteiger partial charge in [0.2, 0.25) is 12.1 Å². The number of aliphatic hydroxyl groups is 3. The van der Waals surface area contributed by atoms with Gasteiger partial charge in [-0.25, -0.2) is 0 Å². The molecule has 3 N–H and O–H groups in total. The lowest BCUT2D eigenvalue weighted by Crippen LogP contribution is -2.66. The first-order valence-corrected chi connectivity index (χ1v) is 16.7. The summed E-state index contributed by atoms with van der Waals surface area (Å²) in [6.45, 7) is 18.6. The van der Waals surface area contributed by atoms with Crippen molar-refractivity contribution in [1.29, 1.82) is 0 Å². The maximum absolute atomic E-state index is 12.4. The Hall–Kier alpha value is -1.37. The molecule has 0 unspecified atom stereocenters. The Labute approximate surface area is 253 Å². The third-order valence-electron chi connectivity index (χ3n) is 14.8. The van der Waals surface area contributed by atoms with Gasteiger partial charge in [-0.1, -0.05) is 60.1 Å². The Bertz CT molecular complexity index is 1200. The van der Waals surface area contributed by atoms with E-state index in [2.05, 4.69) is 54.5 Å². The molecule has 0 aromatic carbocycles. The Morgan fingerprint density at radius 2 is 1.67 bits per heavy atom. The first kappa shape index (κ1) is 30.6. The zero-order valence-electron chi connectivity index (χ0n) is 27.4. The fourth-order valence-corrected chi connectivity index (χ4v) is 11.9. The van der Waals surface area contributed by atoms with Crippen LogP contribution in [0.15, 0.2) is 23.2 Å². The average Bonchev–Trinajstić information content (AvgIpc) is 2.91. The van der Waals surface area contributed by atoms with Crippen molar-refractivity contribution >= 4 is 5.78 Å². The molecule has 6 aliphatic rings. The van der Waals surface area contributed by atoms with Gasteiger partial charge in [0.1, 0.15) is 5.76 Å². The van der Waals surface area contributed by atoms with Crippen molar-refractivity contribution in [2.24, 2.45) is 50.2 Å². The van der Waals surface area contributed by atoms with Crippen LogP contribution >= 0.6 is 0 Å². The molecule has 0 bridgehead atoms. The molecule has 0 radical (unpaired) electrons. The van der Waals surface area contributed by atoms with E-state index in [1.165, 1.54) is 0 Å². The van der Waals surface area contributed by atoms with Crippen LogP contribution in [0.5, 0.6) is 0 Å². The monoisotopic (exact) mass is 584 g/mol. The summed E-state index contributed by atoms with van der Waals surface area (Å²) in [6, 6.07) is 0. The predicted molar refractivity (Wildman–Crippen MR) is 162 cm³/mol. The second-order valence-electron chi connectivity index (χ2n) is 17.3. The topological polar surface area (TPSA) is 96.2 Å². The second-order valence-corrected chi connectivity index (χ2v) is 17.3. The highest BCUT2D eigenvalue weighted by atomic mass is 16.7. The van der Waals surface area contributed by atoms with Gasteiger partial charge in [-0.05, 0) is 104 Å². The first-order valence-electron chi connectivity index (χ1n) is 16.7. The van der Waals surface area contributed by atoms with Gasteiger partial charge in [-0.3, -0.25) is 4.79 Å². The van der Waals surface area contributed by atoms with E-state index in [4.69, 9.17) is 9.47 Å². The molecule has 0 spiro atoms. The molecule has 4 fully saturated rings. The van der Waals surface area contributed by atoms with Crippen molar-refractivity contribution in [3.8, 4) is 0 Å². The number of rotatable bonds is 3. The predicted octanol–water partition coefficient (Wildman–Crippen LogP) is 7.24. The van der Waals surface area contributed by atoms with Crippen molar-refractivity contribution in [3.05, 3.63) is 23.2 Å². The second kappa shape index (κ2) is 9.57. The number of ketones is 1. The molecule has 4 saturated carbocycles. The van der Waals surface area contributed by atoms with Crippen LogP contribution in [0.2, 0.25) is 0 Å². The van der Waals surface area contributed by atoms with E-state index in [-0.39, 0.29) is 63.5 Å². The standard InChI is InChI=1S/C36H56O6/c1-21-30(40)24(38)17-29(41-21)42-28-19-31(2,3)18-23-22-9-10-26-33(5)13-12-27(39)34(6,20-37)25(33)11-14-36(26,8)35(22,7)16-15-32(23,28)4/h9,23,25-29,37,39-40H,10-20H2,1-8H3/t23-,25+,26+,27-,28+,29-,32+,33-,34+,35+,36+/m0/s1. The maximum Gasteiger partial charge on any atom is 0.207 e. The van der Waals surface area contributed by atoms with Crippen LogP contribution in [-0.4, -0.2) is 46.2 Å². The Balaban J connectivity index is 1.35. The molecule has 11 atom stereocenters. The average molecular weight is 585 g/mol. The summed E-state index contributed by atoms with van der Waals surface area (Å²) in [5.74, 6) is 0.922. The summed E-state index contributed by atoms with van der Waals surface area (Å²) >= 11 is 0. The largest absolute Gasteiger partial charge is 0.502 e. The summed E-state index contributed by atoms with van der Waals surface area (Å²) in [5, 5.41) is 31.6. The minimum atomic E-state index is -0.655. The molecule has 5 aliphatic carbocycles. The highest BCUT2D eigenvalue weighted by molar-refractivity contribution is 5.94. The van der Waals surface area contributed by atoms with Gasteiger partial charge in [0.15, 0.2) is 5.76 Å². The van der Waals surface area contributed by atoms with E-state index in [0.717, 1.165) is 57.8 Å². The third kappa shape index (κ3) is 4.02. The Morgan fingerprint density at radius 3 is 2.33 bits per heavy atom. The summed E-state index contributed by atoms with van der Waals surface area (Å²) in [7, 11) is 0. The van der Waals surface area contributed by atoms with Crippen molar-refractivity contribution in [3.63, 3.8) is 0 Å². The number of allylic oxidation sites excluding steroid dienone is 4. The van der Waals surface area contributed by atoms with Crippen LogP contribution in [0.1, 0.15) is 120 Å². The lowest BCUT2D eigenvalue weighted by atomic mass is 9.33. The van der Waals surface area contributed by atoms with Crippen LogP contribution in [0.25, 0.3) is 0 Å². The molecule has 236 valence electrons. The molecular weight excluding hydrogens is 528 g/mol. The fraction of sp³-hybridized carbons (Fsp3) is 0.861. The number of carbonyl (C=O) groups excluding carboxylic acids is 1. The van der Waals surface area contributed by atoms with Gasteiger partial charge in [0.25, 0.3) is 0 Å². The molecular formula is C36H56O6. The number of hydrogen-bond acceptors (Lipinski definition) is 6. The highest BCUT2D eigenvalue weighted by Crippen LogP contribution is 2.75. The smallest absolute Gasteiger partial charge is 0.207 e. The highest BCUT2D eigenvalue weighted by Gasteiger charge is 2.69. The number of Topliss-reactive ketones (excluding diaryl/α,β-unsaturated/α-hetero) is 1. The van der Waals surface area contributed by atoms with E-state index in [9.17, 15) is 20.1 Å². The van der Waals surface area contributed by atoms with Crippen LogP contribution in [0, 0.1) is 50.2 Å². The van der Waals surface area contributed by atoms with Gasteiger partial charge in [0.05, 0.1) is 25.2 Å².